The van der Waals surface area contributed by atoms with Gasteiger partial charge < -0.3 is 0 Å². The molecule has 30 heavy (non-hydrogen) atoms. The van der Waals surface area contributed by atoms with Crippen LogP contribution < -0.4 is 0 Å². The number of rotatable bonds is 4. The van der Waals surface area contributed by atoms with Gasteiger partial charge in [-0.2, -0.15) is 0 Å². The van der Waals surface area contributed by atoms with Crippen molar-refractivity contribution in [2.75, 3.05) is 0 Å². The Morgan fingerprint density at radius 3 is 1.67 bits per heavy atom. The third-order valence-corrected chi connectivity index (χ3v) is 5.28. The number of para-hydroxylation sites is 1. The Bertz CT molecular complexity index is 1300. The highest BCUT2D eigenvalue weighted by Crippen LogP contribution is 2.40. The van der Waals surface area contributed by atoms with Crippen LogP contribution in [0.2, 0.25) is 0 Å². The second kappa shape index (κ2) is 8.18. The third-order valence-electron chi connectivity index (χ3n) is 5.28. The number of aromatic nitrogens is 1. The average molecular weight is 383 g/mol. The van der Waals surface area contributed by atoms with Crippen molar-refractivity contribution in [3.8, 4) is 22.3 Å². The van der Waals surface area contributed by atoms with E-state index in [-0.39, 0.29) is 0 Å². The first-order valence-corrected chi connectivity index (χ1v) is 10.2. The molecular formula is C29H21N. The fourth-order valence-corrected chi connectivity index (χ4v) is 3.89. The smallest absolute Gasteiger partial charge is 0.0722 e. The summed E-state index contributed by atoms with van der Waals surface area (Å²) in [5.74, 6) is 0. The molecule has 0 N–H and O–H groups in total. The molecule has 0 atom stereocenters. The van der Waals surface area contributed by atoms with E-state index in [4.69, 9.17) is 4.98 Å². The van der Waals surface area contributed by atoms with Crippen LogP contribution in [-0.2, 0) is 0 Å². The quantitative estimate of drug-likeness (QED) is 0.309. The van der Waals surface area contributed by atoms with Gasteiger partial charge in [0, 0.05) is 16.5 Å². The maximum Gasteiger partial charge on any atom is 0.0722 e. The van der Waals surface area contributed by atoms with Gasteiger partial charge in [-0.15, -0.1) is 0 Å². The largest absolute Gasteiger partial charge is 0.248 e. The molecule has 0 unspecified atom stereocenters. The van der Waals surface area contributed by atoms with Gasteiger partial charge in [0.1, 0.15) is 0 Å². The number of nitrogens with zero attached hydrogens (tertiary/aromatic N) is 1. The predicted octanol–water partition coefficient (Wildman–Crippen LogP) is 7.74. The molecule has 0 amide bonds. The van der Waals surface area contributed by atoms with Crippen LogP contribution in [0.3, 0.4) is 0 Å². The Balaban J connectivity index is 1.84. The molecule has 0 saturated carbocycles. The van der Waals surface area contributed by atoms with Crippen molar-refractivity contribution in [3.63, 3.8) is 0 Å². The summed E-state index contributed by atoms with van der Waals surface area (Å²) >= 11 is 0. The van der Waals surface area contributed by atoms with Crippen molar-refractivity contribution in [2.45, 2.75) is 0 Å². The Hall–Kier alpha value is -3.97. The summed E-state index contributed by atoms with van der Waals surface area (Å²) in [6.45, 7) is 0. The lowest BCUT2D eigenvalue weighted by Crippen LogP contribution is -1.95. The molecule has 0 aliphatic rings. The lowest BCUT2D eigenvalue weighted by atomic mass is 9.90. The third kappa shape index (κ3) is 3.54. The molecule has 1 aromatic heterocycles. The van der Waals surface area contributed by atoms with Crippen LogP contribution in [0.4, 0.5) is 0 Å². The summed E-state index contributed by atoms with van der Waals surface area (Å²) < 4.78 is 0. The highest BCUT2D eigenvalue weighted by molar-refractivity contribution is 6.05. The number of benzene rings is 4. The summed E-state index contributed by atoms with van der Waals surface area (Å²) in [6, 6.07) is 39.9. The van der Waals surface area contributed by atoms with Crippen LogP contribution in [0.25, 0.3) is 45.3 Å². The Kier molecular flexibility index (Phi) is 4.93. The molecule has 0 bridgehead atoms. The van der Waals surface area contributed by atoms with Crippen molar-refractivity contribution in [3.05, 3.63) is 127 Å². The minimum atomic E-state index is 0.975. The van der Waals surface area contributed by atoms with Crippen LogP contribution in [0, 0.1) is 0 Å². The number of hydrogen-bond donors (Lipinski definition) is 0. The van der Waals surface area contributed by atoms with Crippen molar-refractivity contribution in [1.29, 1.82) is 0 Å². The van der Waals surface area contributed by atoms with Gasteiger partial charge in [0.15, 0.2) is 0 Å². The Labute approximate surface area is 177 Å². The van der Waals surface area contributed by atoms with Crippen LogP contribution in [0.15, 0.2) is 115 Å². The van der Waals surface area contributed by atoms with Gasteiger partial charge in [0.05, 0.1) is 11.2 Å². The number of hydrogen-bond acceptors (Lipinski definition) is 1. The lowest BCUT2D eigenvalue weighted by Gasteiger charge is -2.16. The van der Waals surface area contributed by atoms with Crippen molar-refractivity contribution < 1.29 is 0 Å². The van der Waals surface area contributed by atoms with E-state index >= 15 is 0 Å². The van der Waals surface area contributed by atoms with Gasteiger partial charge in [-0.3, -0.25) is 0 Å². The second-order valence-electron chi connectivity index (χ2n) is 7.24. The molecule has 5 rings (SSSR count). The number of fused-ring (bicyclic) bond motifs is 1. The molecule has 5 aromatic rings. The first kappa shape index (κ1) is 18.1. The zero-order chi connectivity index (χ0) is 20.2. The summed E-state index contributed by atoms with van der Waals surface area (Å²) in [4.78, 5) is 5.07. The summed E-state index contributed by atoms with van der Waals surface area (Å²) in [5.41, 5.74) is 7.89. The predicted molar refractivity (Wildman–Crippen MR) is 128 cm³/mol. The minimum absolute atomic E-state index is 0.975. The number of pyridine rings is 1. The van der Waals surface area contributed by atoms with E-state index in [1.165, 1.54) is 22.1 Å². The van der Waals surface area contributed by atoms with E-state index < -0.39 is 0 Å². The summed E-state index contributed by atoms with van der Waals surface area (Å²) in [7, 11) is 0. The molecule has 1 heterocycles. The summed E-state index contributed by atoms with van der Waals surface area (Å²) in [6.07, 6.45) is 4.27. The Morgan fingerprint density at radius 1 is 0.467 bits per heavy atom. The topological polar surface area (TPSA) is 12.9 Å². The molecule has 0 aliphatic heterocycles. The SMILES string of the molecule is C(=Cc1nc2ccccc2c(-c2ccccc2)c1-c1ccccc1)c1ccccc1. The zero-order valence-electron chi connectivity index (χ0n) is 16.6. The van der Waals surface area contributed by atoms with E-state index in [2.05, 4.69) is 121 Å². The fraction of sp³-hybridized carbons (Fsp3) is 0. The molecule has 0 fully saturated rings. The first-order chi connectivity index (χ1) is 14.9. The molecule has 4 aromatic carbocycles. The van der Waals surface area contributed by atoms with Crippen LogP contribution in [0.1, 0.15) is 11.3 Å². The average Bonchev–Trinajstić information content (AvgIpc) is 2.83. The molecular weight excluding hydrogens is 362 g/mol. The van der Waals surface area contributed by atoms with E-state index in [9.17, 15) is 0 Å². The van der Waals surface area contributed by atoms with Crippen molar-refractivity contribution >= 4 is 23.1 Å². The first-order valence-electron chi connectivity index (χ1n) is 10.2. The molecule has 1 nitrogen and oxygen atoms in total. The monoisotopic (exact) mass is 383 g/mol. The molecule has 0 saturated heterocycles. The molecule has 0 spiro atoms. The lowest BCUT2D eigenvalue weighted by molar-refractivity contribution is 1.37. The van der Waals surface area contributed by atoms with Gasteiger partial charge in [-0.25, -0.2) is 4.98 Å². The molecule has 142 valence electrons. The van der Waals surface area contributed by atoms with Crippen LogP contribution in [-0.4, -0.2) is 4.98 Å². The second-order valence-corrected chi connectivity index (χ2v) is 7.24. The fourth-order valence-electron chi connectivity index (χ4n) is 3.89. The highest BCUT2D eigenvalue weighted by Gasteiger charge is 2.16. The molecule has 0 radical (unpaired) electrons. The maximum absolute atomic E-state index is 5.07. The standard InChI is InChI=1S/C29H21N/c1-4-12-22(13-5-1)20-21-27-29(24-16-8-3-9-17-24)28(23-14-6-2-7-15-23)25-18-10-11-19-26(25)30-27/h1-21H. The van der Waals surface area contributed by atoms with Crippen molar-refractivity contribution in [2.24, 2.45) is 0 Å². The molecule has 1 heteroatoms. The van der Waals surface area contributed by atoms with Gasteiger partial charge in [-0.1, -0.05) is 115 Å². The van der Waals surface area contributed by atoms with Crippen LogP contribution >= 0.6 is 0 Å². The minimum Gasteiger partial charge on any atom is -0.248 e. The van der Waals surface area contributed by atoms with Crippen LogP contribution in [0.5, 0.6) is 0 Å². The van der Waals surface area contributed by atoms with E-state index in [0.29, 0.717) is 0 Å². The van der Waals surface area contributed by atoms with Gasteiger partial charge in [0.2, 0.25) is 0 Å². The van der Waals surface area contributed by atoms with E-state index in [1.807, 2.05) is 6.07 Å². The maximum atomic E-state index is 5.07. The van der Waals surface area contributed by atoms with Gasteiger partial charge >= 0.3 is 0 Å². The zero-order valence-corrected chi connectivity index (χ0v) is 16.6. The molecule has 0 aliphatic carbocycles. The van der Waals surface area contributed by atoms with Gasteiger partial charge in [0.25, 0.3) is 0 Å². The summed E-state index contributed by atoms with van der Waals surface area (Å²) in [5, 5.41) is 1.17. The van der Waals surface area contributed by atoms with E-state index in [1.54, 1.807) is 0 Å². The van der Waals surface area contributed by atoms with Gasteiger partial charge in [-0.05, 0) is 28.8 Å². The highest BCUT2D eigenvalue weighted by atomic mass is 14.7. The van der Waals surface area contributed by atoms with E-state index in [0.717, 1.165) is 22.3 Å². The normalized spacial score (nSPS) is 11.2. The van der Waals surface area contributed by atoms with Crippen molar-refractivity contribution in [1.82, 2.24) is 4.98 Å². The Morgan fingerprint density at radius 2 is 1.00 bits per heavy atom.